The SMILES string of the molecule is CCc1ccc(O)c(C(=O)N2CCC(N(C)CCCO)CC2)c1. The summed E-state index contributed by atoms with van der Waals surface area (Å²) in [6, 6.07) is 5.73. The van der Waals surface area contributed by atoms with Gasteiger partial charge >= 0.3 is 0 Å². The van der Waals surface area contributed by atoms with Gasteiger partial charge in [-0.15, -0.1) is 0 Å². The van der Waals surface area contributed by atoms with Crippen LogP contribution >= 0.6 is 0 Å². The Morgan fingerprint density at radius 2 is 2.04 bits per heavy atom. The minimum atomic E-state index is -0.0748. The van der Waals surface area contributed by atoms with Crippen molar-refractivity contribution in [2.24, 2.45) is 0 Å². The molecule has 1 aliphatic rings. The number of amides is 1. The van der Waals surface area contributed by atoms with E-state index in [9.17, 15) is 9.90 Å². The Morgan fingerprint density at radius 1 is 1.35 bits per heavy atom. The Morgan fingerprint density at radius 3 is 2.65 bits per heavy atom. The summed E-state index contributed by atoms with van der Waals surface area (Å²) in [6.45, 7) is 4.56. The van der Waals surface area contributed by atoms with E-state index in [1.165, 1.54) is 0 Å². The molecule has 0 atom stereocenters. The lowest BCUT2D eigenvalue weighted by atomic mass is 10.0. The molecule has 1 heterocycles. The highest BCUT2D eigenvalue weighted by Gasteiger charge is 2.26. The van der Waals surface area contributed by atoms with Crippen molar-refractivity contribution in [2.45, 2.75) is 38.6 Å². The first-order valence-electron chi connectivity index (χ1n) is 8.49. The second-order valence-electron chi connectivity index (χ2n) is 6.29. The number of carbonyl (C=O) groups is 1. The van der Waals surface area contributed by atoms with Crippen molar-refractivity contribution in [3.63, 3.8) is 0 Å². The lowest BCUT2D eigenvalue weighted by Crippen LogP contribution is -2.45. The molecule has 0 spiro atoms. The van der Waals surface area contributed by atoms with Crippen molar-refractivity contribution in [2.75, 3.05) is 33.3 Å². The molecule has 0 saturated carbocycles. The molecule has 5 nitrogen and oxygen atoms in total. The number of carbonyl (C=O) groups excluding carboxylic acids is 1. The number of hydrogen-bond donors (Lipinski definition) is 2. The monoisotopic (exact) mass is 320 g/mol. The zero-order valence-electron chi connectivity index (χ0n) is 14.2. The van der Waals surface area contributed by atoms with Crippen LogP contribution in [0.5, 0.6) is 5.75 Å². The highest BCUT2D eigenvalue weighted by Crippen LogP contribution is 2.23. The summed E-state index contributed by atoms with van der Waals surface area (Å²) in [5.74, 6) is -0.0105. The molecule has 0 aliphatic carbocycles. The summed E-state index contributed by atoms with van der Waals surface area (Å²) < 4.78 is 0. The Balaban J connectivity index is 1.96. The highest BCUT2D eigenvalue weighted by atomic mass is 16.3. The van der Waals surface area contributed by atoms with Gasteiger partial charge in [0.05, 0.1) is 5.56 Å². The fourth-order valence-corrected chi connectivity index (χ4v) is 3.16. The van der Waals surface area contributed by atoms with Gasteiger partial charge in [-0.3, -0.25) is 4.79 Å². The Hall–Kier alpha value is -1.59. The molecule has 0 radical (unpaired) electrons. The molecule has 2 N–H and O–H groups in total. The second kappa shape index (κ2) is 8.31. The van der Waals surface area contributed by atoms with E-state index in [1.54, 1.807) is 12.1 Å². The molecule has 1 aromatic rings. The Kier molecular flexibility index (Phi) is 6.42. The number of likely N-dealkylation sites (tertiary alicyclic amines) is 1. The van der Waals surface area contributed by atoms with Gasteiger partial charge in [0.1, 0.15) is 5.75 Å². The first-order chi connectivity index (χ1) is 11.1. The third-order valence-corrected chi connectivity index (χ3v) is 4.74. The van der Waals surface area contributed by atoms with Gasteiger partial charge in [0.2, 0.25) is 0 Å². The first kappa shape index (κ1) is 17.8. The average Bonchev–Trinajstić information content (AvgIpc) is 2.59. The molecule has 0 aromatic heterocycles. The zero-order chi connectivity index (χ0) is 16.8. The molecule has 1 saturated heterocycles. The van der Waals surface area contributed by atoms with Crippen molar-refractivity contribution in [3.8, 4) is 5.75 Å². The van der Waals surface area contributed by atoms with E-state index in [2.05, 4.69) is 11.9 Å². The minimum absolute atomic E-state index is 0.0642. The highest BCUT2D eigenvalue weighted by molar-refractivity contribution is 5.97. The Bertz CT molecular complexity index is 525. The van der Waals surface area contributed by atoms with Crippen LogP contribution in [0.3, 0.4) is 0 Å². The van der Waals surface area contributed by atoms with E-state index in [1.807, 2.05) is 17.9 Å². The van der Waals surface area contributed by atoms with E-state index in [-0.39, 0.29) is 18.3 Å². The predicted molar refractivity (Wildman–Crippen MR) is 90.7 cm³/mol. The van der Waals surface area contributed by atoms with Gasteiger partial charge in [0.25, 0.3) is 5.91 Å². The van der Waals surface area contributed by atoms with Crippen molar-refractivity contribution >= 4 is 5.91 Å². The second-order valence-corrected chi connectivity index (χ2v) is 6.29. The smallest absolute Gasteiger partial charge is 0.257 e. The third-order valence-electron chi connectivity index (χ3n) is 4.74. The lowest BCUT2D eigenvalue weighted by molar-refractivity contribution is 0.0638. The average molecular weight is 320 g/mol. The van der Waals surface area contributed by atoms with Crippen LogP contribution in [0, 0.1) is 0 Å². The van der Waals surface area contributed by atoms with Gasteiger partial charge in [-0.2, -0.15) is 0 Å². The topological polar surface area (TPSA) is 64.0 Å². The number of phenolic OH excluding ortho intramolecular Hbond substituents is 1. The summed E-state index contributed by atoms with van der Waals surface area (Å²) in [6.07, 6.45) is 3.50. The number of aliphatic hydroxyl groups excluding tert-OH is 1. The molecule has 23 heavy (non-hydrogen) atoms. The predicted octanol–water partition coefficient (Wildman–Crippen LogP) is 1.87. The summed E-state index contributed by atoms with van der Waals surface area (Å²) in [5.41, 5.74) is 1.47. The lowest BCUT2D eigenvalue weighted by Gasteiger charge is -2.36. The standard InChI is InChI=1S/C18H28N2O3/c1-3-14-5-6-17(22)16(13-14)18(23)20-10-7-15(8-11-20)19(2)9-4-12-21/h5-6,13,15,21-22H,3-4,7-12H2,1-2H3. The van der Waals surface area contributed by atoms with Crippen molar-refractivity contribution in [1.82, 2.24) is 9.80 Å². The Labute approximate surface area is 138 Å². The number of aryl methyl sites for hydroxylation is 1. The fourth-order valence-electron chi connectivity index (χ4n) is 3.16. The van der Waals surface area contributed by atoms with E-state index >= 15 is 0 Å². The maximum Gasteiger partial charge on any atom is 0.257 e. The molecule has 1 aliphatic heterocycles. The van der Waals surface area contributed by atoms with Crippen LogP contribution in [0.4, 0.5) is 0 Å². The van der Waals surface area contributed by atoms with E-state index in [0.29, 0.717) is 24.7 Å². The van der Waals surface area contributed by atoms with Gasteiger partial charge in [-0.25, -0.2) is 0 Å². The molecule has 128 valence electrons. The van der Waals surface area contributed by atoms with Crippen LogP contribution in [0.15, 0.2) is 18.2 Å². The van der Waals surface area contributed by atoms with Gasteiger partial charge in [0, 0.05) is 32.3 Å². The zero-order valence-corrected chi connectivity index (χ0v) is 14.2. The third kappa shape index (κ3) is 4.45. The molecule has 1 aromatic carbocycles. The van der Waals surface area contributed by atoms with Gasteiger partial charge in [-0.1, -0.05) is 13.0 Å². The van der Waals surface area contributed by atoms with Crippen LogP contribution in [0.25, 0.3) is 0 Å². The molecule has 1 amide bonds. The van der Waals surface area contributed by atoms with Crippen molar-refractivity contribution in [1.29, 1.82) is 0 Å². The molecular weight excluding hydrogens is 292 g/mol. The van der Waals surface area contributed by atoms with Crippen LogP contribution in [0.2, 0.25) is 0 Å². The summed E-state index contributed by atoms with van der Waals surface area (Å²) in [5, 5.41) is 18.9. The number of rotatable bonds is 6. The minimum Gasteiger partial charge on any atom is -0.507 e. The molecule has 0 unspecified atom stereocenters. The number of hydrogen-bond acceptors (Lipinski definition) is 4. The number of nitrogens with zero attached hydrogens (tertiary/aromatic N) is 2. The molecule has 5 heteroatoms. The van der Waals surface area contributed by atoms with Gasteiger partial charge < -0.3 is 20.0 Å². The maximum atomic E-state index is 12.7. The van der Waals surface area contributed by atoms with Crippen molar-refractivity contribution in [3.05, 3.63) is 29.3 Å². The van der Waals surface area contributed by atoms with Crippen LogP contribution in [-0.4, -0.2) is 65.3 Å². The molecule has 0 bridgehead atoms. The molecule has 2 rings (SSSR count). The van der Waals surface area contributed by atoms with Crippen LogP contribution in [0.1, 0.15) is 42.1 Å². The number of aromatic hydroxyl groups is 1. The van der Waals surface area contributed by atoms with Gasteiger partial charge in [0.15, 0.2) is 0 Å². The van der Waals surface area contributed by atoms with Crippen LogP contribution < -0.4 is 0 Å². The number of phenols is 1. The molecular formula is C18H28N2O3. The largest absolute Gasteiger partial charge is 0.507 e. The number of aliphatic hydroxyl groups is 1. The van der Waals surface area contributed by atoms with Crippen LogP contribution in [-0.2, 0) is 6.42 Å². The van der Waals surface area contributed by atoms with E-state index in [0.717, 1.165) is 37.8 Å². The fraction of sp³-hybridized carbons (Fsp3) is 0.611. The first-order valence-corrected chi connectivity index (χ1v) is 8.49. The van der Waals surface area contributed by atoms with Gasteiger partial charge in [-0.05, 0) is 50.4 Å². The summed E-state index contributed by atoms with van der Waals surface area (Å²) in [7, 11) is 2.08. The molecule has 1 fully saturated rings. The van der Waals surface area contributed by atoms with E-state index < -0.39 is 0 Å². The van der Waals surface area contributed by atoms with E-state index in [4.69, 9.17) is 5.11 Å². The maximum absolute atomic E-state index is 12.7. The normalized spacial score (nSPS) is 16.1. The number of piperidine rings is 1. The summed E-state index contributed by atoms with van der Waals surface area (Å²) >= 11 is 0. The quantitative estimate of drug-likeness (QED) is 0.840. The summed E-state index contributed by atoms with van der Waals surface area (Å²) in [4.78, 5) is 16.8. The number of benzene rings is 1. The van der Waals surface area contributed by atoms with Crippen molar-refractivity contribution < 1.29 is 15.0 Å².